The smallest absolute Gasteiger partial charge is 0.120 e. The van der Waals surface area contributed by atoms with Gasteiger partial charge < -0.3 is 14.0 Å². The number of nitrogens with zero attached hydrogens (tertiary/aromatic N) is 3. The van der Waals surface area contributed by atoms with Crippen molar-refractivity contribution >= 4 is 46.2 Å². The van der Waals surface area contributed by atoms with Crippen LogP contribution < -0.4 is 5.19 Å². The zero-order valence-electron chi connectivity index (χ0n) is 42.3. The van der Waals surface area contributed by atoms with Crippen LogP contribution in [0.2, 0.25) is 19.6 Å². The summed E-state index contributed by atoms with van der Waals surface area (Å²) in [5.41, 5.74) is 10.3. The fourth-order valence-electron chi connectivity index (χ4n) is 7.55. The average Bonchev–Trinajstić information content (AvgIpc) is 3.84. The number of hydrogen-bond donors (Lipinski definition) is 0. The molecule has 0 unspecified atom stereocenters. The number of para-hydroxylation sites is 2. The van der Waals surface area contributed by atoms with Crippen molar-refractivity contribution < 1.29 is 35.5 Å². The molecule has 0 amide bonds. The predicted octanol–water partition coefficient (Wildman–Crippen LogP) is 14.0. The van der Waals surface area contributed by atoms with Crippen molar-refractivity contribution in [2.24, 2.45) is 0 Å². The van der Waals surface area contributed by atoms with Crippen molar-refractivity contribution in [3.63, 3.8) is 0 Å². The molecule has 59 heavy (non-hydrogen) atoms. The van der Waals surface area contributed by atoms with Gasteiger partial charge in [0.25, 0.3) is 0 Å². The minimum atomic E-state index is -2.18. The molecule has 0 saturated heterocycles. The number of pyridine rings is 1. The monoisotopic (exact) mass is 974 g/mol. The van der Waals surface area contributed by atoms with Gasteiger partial charge in [0, 0.05) is 48.3 Å². The van der Waals surface area contributed by atoms with E-state index in [0.717, 1.165) is 66.5 Å². The van der Waals surface area contributed by atoms with Crippen molar-refractivity contribution in [1.29, 1.82) is 0 Å². The molecule has 0 aliphatic rings. The molecule has 6 heteroatoms. The van der Waals surface area contributed by atoms with Gasteiger partial charge in [-0.1, -0.05) is 138 Å². The zero-order valence-corrected chi connectivity index (χ0v) is 37.7. The number of aryl methyl sites for hydroxylation is 2. The Bertz CT molecular complexity index is 3120. The van der Waals surface area contributed by atoms with E-state index in [4.69, 9.17) is 17.6 Å². The molecule has 0 N–H and O–H groups in total. The number of fused-ring (bicyclic) bond motifs is 4. The quantitative estimate of drug-likeness (QED) is 0.118. The van der Waals surface area contributed by atoms with Gasteiger partial charge in [-0.2, -0.15) is 0 Å². The van der Waals surface area contributed by atoms with Crippen molar-refractivity contribution in [1.82, 2.24) is 14.5 Å². The Hall–Kier alpha value is -5.39. The number of hydrogen-bond acceptors (Lipinski definition) is 3. The SMILES string of the molecule is [2H]C(C)(C)c1cc(-c2ccccc2)cc(C([2H])(C)C)c1-n1c(-c2[c-]ccc3c2oc2ccccc23)nc2cccc([Si](C)(C)C)c21.[2H]C([2H])([2H])c1c[c-]c(-c2ccc(C([2H])([2H])[2H])cn2)cc1.[Ir]. The second kappa shape index (κ2) is 17.1. The molecule has 9 rings (SSSR count). The summed E-state index contributed by atoms with van der Waals surface area (Å²) in [4.78, 5) is 9.43. The maximum atomic E-state index is 9.53. The Morgan fingerprint density at radius 1 is 0.729 bits per heavy atom. The minimum absolute atomic E-state index is 0. The van der Waals surface area contributed by atoms with E-state index in [1.165, 1.54) is 29.6 Å². The summed E-state index contributed by atoms with van der Waals surface area (Å²) in [5.74, 6) is -1.28. The molecular weight excluding hydrogens is 915 g/mol. The number of imidazole rings is 1. The first-order chi connectivity index (χ1) is 30.9. The minimum Gasteiger partial charge on any atom is -0.501 e. The molecule has 4 nitrogen and oxygen atoms in total. The molecule has 0 saturated carbocycles. The number of furan rings is 1. The van der Waals surface area contributed by atoms with Gasteiger partial charge in [0.1, 0.15) is 5.58 Å². The molecule has 0 fully saturated rings. The van der Waals surface area contributed by atoms with Crippen LogP contribution >= 0.6 is 0 Å². The van der Waals surface area contributed by atoms with Crippen molar-refractivity contribution in [2.75, 3.05) is 0 Å². The summed E-state index contributed by atoms with van der Waals surface area (Å²) < 4.78 is 71.5. The van der Waals surface area contributed by atoms with Gasteiger partial charge in [-0.25, -0.2) is 0 Å². The molecule has 1 radical (unpaired) electrons. The zero-order chi connectivity index (χ0) is 47.6. The molecule has 6 aromatic carbocycles. The third-order valence-corrected chi connectivity index (χ3v) is 12.4. The van der Waals surface area contributed by atoms with Crippen LogP contribution in [0.3, 0.4) is 0 Å². The van der Waals surface area contributed by atoms with Gasteiger partial charge >= 0.3 is 0 Å². The standard InChI is InChI=1S/C40H39N2OSi.C13H12N.Ir/c1-25(2)32-23-28(27-15-9-8-10-16-27)24-33(26(3)4)37(32)42-38-34(20-14-22-36(38)44(5,6)7)41-40(42)31-19-13-18-30-29-17-11-12-21-35(29)43-39(30)31;1-10-3-6-12(7-4-10)13-8-5-11(2)9-14-13;/h8-18,20-26H,1-7H3;3-6,8-9H,1-2H3;/q2*-1;/i25D,26D;1D3,2D3;. The largest absolute Gasteiger partial charge is 0.501 e. The van der Waals surface area contributed by atoms with E-state index in [9.17, 15) is 2.74 Å². The van der Waals surface area contributed by atoms with Crippen molar-refractivity contribution in [2.45, 2.75) is 72.8 Å². The van der Waals surface area contributed by atoms with E-state index in [1.807, 2.05) is 70.2 Å². The van der Waals surface area contributed by atoms with Crippen LogP contribution in [-0.4, -0.2) is 22.6 Å². The van der Waals surface area contributed by atoms with Gasteiger partial charge in [-0.05, 0) is 81.6 Å². The summed E-state index contributed by atoms with van der Waals surface area (Å²) in [5, 5.41) is 3.33. The van der Waals surface area contributed by atoms with Crippen LogP contribution in [0.15, 0.2) is 138 Å². The fourth-order valence-corrected chi connectivity index (χ4v) is 9.09. The van der Waals surface area contributed by atoms with E-state index < -0.39 is 33.6 Å². The van der Waals surface area contributed by atoms with Crippen molar-refractivity contribution in [3.05, 3.63) is 168 Å². The topological polar surface area (TPSA) is 43.9 Å². The van der Waals surface area contributed by atoms with Crippen molar-refractivity contribution in [3.8, 4) is 39.5 Å². The Morgan fingerprint density at radius 2 is 1.44 bits per heavy atom. The molecular formula is C53H51IrN3OSi-2. The third kappa shape index (κ3) is 8.27. The predicted molar refractivity (Wildman–Crippen MR) is 247 cm³/mol. The normalized spacial score (nSPS) is 14.4. The molecule has 0 aliphatic heterocycles. The number of benzene rings is 6. The summed E-state index contributed by atoms with van der Waals surface area (Å²) in [7, 11) is -1.91. The Labute approximate surface area is 375 Å². The molecule has 3 aromatic heterocycles. The maximum absolute atomic E-state index is 9.53. The molecule has 0 aliphatic carbocycles. The van der Waals surface area contributed by atoms with Gasteiger partial charge in [0.2, 0.25) is 0 Å². The summed E-state index contributed by atoms with van der Waals surface area (Å²) in [6.45, 7) is 10.5. The summed E-state index contributed by atoms with van der Waals surface area (Å²) >= 11 is 0. The van der Waals surface area contributed by atoms with Crippen LogP contribution in [0.1, 0.15) is 72.7 Å². The van der Waals surface area contributed by atoms with Crippen LogP contribution in [0.25, 0.3) is 72.4 Å². The van der Waals surface area contributed by atoms with Gasteiger partial charge in [0.05, 0.1) is 30.5 Å². The van der Waals surface area contributed by atoms with Crippen LogP contribution in [-0.2, 0) is 20.1 Å². The van der Waals surface area contributed by atoms with Crippen LogP contribution in [0.5, 0.6) is 0 Å². The van der Waals surface area contributed by atoms with E-state index in [0.29, 0.717) is 17.1 Å². The fraction of sp³-hybridized carbons (Fsp3) is 0.208. The van der Waals surface area contributed by atoms with E-state index in [2.05, 4.69) is 95.9 Å². The third-order valence-electron chi connectivity index (χ3n) is 10.4. The van der Waals surface area contributed by atoms with Crippen LogP contribution in [0, 0.1) is 25.8 Å². The first-order valence-electron chi connectivity index (χ1n) is 23.5. The second-order valence-corrected chi connectivity index (χ2v) is 21.1. The van der Waals surface area contributed by atoms with E-state index in [-0.39, 0.29) is 31.2 Å². The Kier molecular flexibility index (Phi) is 9.39. The first kappa shape index (κ1) is 32.5. The van der Waals surface area contributed by atoms with E-state index in [1.54, 1.807) is 12.1 Å². The van der Waals surface area contributed by atoms with Gasteiger partial charge in [-0.15, -0.1) is 53.6 Å². The van der Waals surface area contributed by atoms with Crippen LogP contribution in [0.4, 0.5) is 0 Å². The van der Waals surface area contributed by atoms with Gasteiger partial charge in [0.15, 0.2) is 0 Å². The number of rotatable bonds is 7. The molecule has 3 heterocycles. The maximum Gasteiger partial charge on any atom is 0.120 e. The number of aromatic nitrogens is 3. The van der Waals surface area contributed by atoms with E-state index >= 15 is 0 Å². The Morgan fingerprint density at radius 3 is 2.08 bits per heavy atom. The summed E-state index contributed by atoms with van der Waals surface area (Å²) in [6, 6.07) is 47.0. The molecule has 0 bridgehead atoms. The average molecular weight is 974 g/mol. The molecule has 299 valence electrons. The summed E-state index contributed by atoms with van der Waals surface area (Å²) in [6.07, 6.45) is 1.30. The molecule has 0 atom stereocenters. The molecule has 9 aromatic rings. The Balaban J connectivity index is 0.000000267. The van der Waals surface area contributed by atoms with Gasteiger partial charge in [-0.3, -0.25) is 4.98 Å². The molecule has 0 spiro atoms. The first-order valence-corrected chi connectivity index (χ1v) is 23.0. The second-order valence-electron chi connectivity index (χ2n) is 16.1.